The zero-order valence-corrected chi connectivity index (χ0v) is 13.6. The Morgan fingerprint density at radius 1 is 1.24 bits per heavy atom. The highest BCUT2D eigenvalue weighted by Gasteiger charge is 2.52. The third kappa shape index (κ3) is 2.69. The molecule has 0 spiro atoms. The lowest BCUT2D eigenvalue weighted by Crippen LogP contribution is -2.52. The summed E-state index contributed by atoms with van der Waals surface area (Å²) in [6.07, 6.45) is 4.19. The molecule has 1 aromatic rings. The van der Waals surface area contributed by atoms with Gasteiger partial charge in [-0.05, 0) is 45.2 Å². The van der Waals surface area contributed by atoms with Gasteiger partial charge in [-0.15, -0.1) is 12.4 Å². The predicted octanol–water partition coefficient (Wildman–Crippen LogP) is 3.17. The number of benzene rings is 1. The first-order chi connectivity index (χ1) is 9.67. The molecule has 116 valence electrons. The summed E-state index contributed by atoms with van der Waals surface area (Å²) in [4.78, 5) is 15.2. The number of rotatable bonds is 3. The number of halogens is 1. The van der Waals surface area contributed by atoms with Crippen LogP contribution < -0.4 is 0 Å². The fourth-order valence-corrected chi connectivity index (χ4v) is 4.02. The third-order valence-electron chi connectivity index (χ3n) is 5.15. The number of hydrogen-bond acceptors (Lipinski definition) is 3. The van der Waals surface area contributed by atoms with Gasteiger partial charge in [-0.1, -0.05) is 30.3 Å². The molecule has 2 bridgehead atoms. The van der Waals surface area contributed by atoms with Gasteiger partial charge in [0.1, 0.15) is 0 Å². The van der Waals surface area contributed by atoms with Crippen molar-refractivity contribution in [1.29, 1.82) is 0 Å². The SMILES string of the molecule is CCOC(=O)C1(c2ccccc2)C[C@H]2CC[C@@H](C1)N2C.Cl. The Morgan fingerprint density at radius 2 is 1.81 bits per heavy atom. The lowest BCUT2D eigenvalue weighted by molar-refractivity contribution is -0.153. The molecule has 2 heterocycles. The van der Waals surface area contributed by atoms with Crippen LogP contribution in [-0.4, -0.2) is 36.6 Å². The maximum Gasteiger partial charge on any atom is 0.316 e. The van der Waals surface area contributed by atoms with Gasteiger partial charge in [-0.2, -0.15) is 0 Å². The zero-order chi connectivity index (χ0) is 14.2. The monoisotopic (exact) mass is 309 g/mol. The number of carbonyl (C=O) groups is 1. The fraction of sp³-hybridized carbons (Fsp3) is 0.588. The molecule has 3 rings (SSSR count). The lowest BCUT2D eigenvalue weighted by atomic mass is 9.70. The Hall–Kier alpha value is -1.06. The second-order valence-electron chi connectivity index (χ2n) is 6.13. The van der Waals surface area contributed by atoms with E-state index in [1.807, 2.05) is 25.1 Å². The molecule has 0 amide bonds. The number of nitrogens with zero attached hydrogens (tertiary/aromatic N) is 1. The van der Waals surface area contributed by atoms with Gasteiger partial charge in [-0.3, -0.25) is 4.79 Å². The van der Waals surface area contributed by atoms with Crippen molar-refractivity contribution in [2.45, 2.75) is 50.1 Å². The molecule has 1 unspecified atom stereocenters. The van der Waals surface area contributed by atoms with E-state index in [-0.39, 0.29) is 18.4 Å². The first-order valence-electron chi connectivity index (χ1n) is 7.62. The number of piperidine rings is 1. The smallest absolute Gasteiger partial charge is 0.316 e. The molecule has 0 saturated carbocycles. The van der Waals surface area contributed by atoms with Gasteiger partial charge in [0, 0.05) is 12.1 Å². The Kier molecular flexibility index (Phi) is 4.95. The quantitative estimate of drug-likeness (QED) is 0.803. The minimum absolute atomic E-state index is 0. The largest absolute Gasteiger partial charge is 0.465 e. The average molecular weight is 310 g/mol. The average Bonchev–Trinajstić information content (AvgIpc) is 2.70. The van der Waals surface area contributed by atoms with Crippen LogP contribution in [0, 0.1) is 0 Å². The summed E-state index contributed by atoms with van der Waals surface area (Å²) in [5, 5.41) is 0. The standard InChI is InChI=1S/C17H23NO2.ClH/c1-3-20-16(19)17(13-7-5-4-6-8-13)11-14-9-10-15(12-17)18(14)2;/h4-8,14-15H,3,9-12H2,1-2H3;1H/t14-,15+,17?;. The number of hydrogen-bond donors (Lipinski definition) is 0. The molecular weight excluding hydrogens is 286 g/mol. The van der Waals surface area contributed by atoms with Crippen molar-refractivity contribution in [3.63, 3.8) is 0 Å². The highest BCUT2D eigenvalue weighted by molar-refractivity contribution is 5.85. The Morgan fingerprint density at radius 3 is 2.33 bits per heavy atom. The highest BCUT2D eigenvalue weighted by Crippen LogP contribution is 2.47. The van der Waals surface area contributed by atoms with E-state index < -0.39 is 5.41 Å². The normalized spacial score (nSPS) is 31.5. The van der Waals surface area contributed by atoms with E-state index in [0.29, 0.717) is 18.7 Å². The van der Waals surface area contributed by atoms with Crippen LogP contribution in [0.1, 0.15) is 38.2 Å². The molecule has 0 aliphatic carbocycles. The van der Waals surface area contributed by atoms with Gasteiger partial charge in [0.2, 0.25) is 0 Å². The van der Waals surface area contributed by atoms with E-state index in [1.165, 1.54) is 12.8 Å². The van der Waals surface area contributed by atoms with Crippen molar-refractivity contribution in [2.24, 2.45) is 0 Å². The van der Waals surface area contributed by atoms with Gasteiger partial charge in [0.05, 0.1) is 12.0 Å². The summed E-state index contributed by atoms with van der Waals surface area (Å²) in [7, 11) is 2.20. The van der Waals surface area contributed by atoms with Crippen molar-refractivity contribution >= 4 is 18.4 Å². The van der Waals surface area contributed by atoms with E-state index in [1.54, 1.807) is 0 Å². The molecule has 0 aromatic heterocycles. The zero-order valence-electron chi connectivity index (χ0n) is 12.7. The number of esters is 1. The third-order valence-corrected chi connectivity index (χ3v) is 5.15. The second-order valence-corrected chi connectivity index (χ2v) is 6.13. The van der Waals surface area contributed by atoms with Crippen LogP contribution in [-0.2, 0) is 14.9 Å². The fourth-order valence-electron chi connectivity index (χ4n) is 4.02. The number of carbonyl (C=O) groups excluding carboxylic acids is 1. The molecule has 2 aliphatic heterocycles. The lowest BCUT2D eigenvalue weighted by Gasteiger charge is -2.43. The molecule has 1 aromatic carbocycles. The van der Waals surface area contributed by atoms with Gasteiger partial charge < -0.3 is 9.64 Å². The van der Waals surface area contributed by atoms with Crippen molar-refractivity contribution in [1.82, 2.24) is 4.90 Å². The molecule has 21 heavy (non-hydrogen) atoms. The van der Waals surface area contributed by atoms with E-state index >= 15 is 0 Å². The summed E-state index contributed by atoms with van der Waals surface area (Å²) in [6, 6.07) is 11.2. The van der Waals surface area contributed by atoms with Crippen LogP contribution >= 0.6 is 12.4 Å². The number of ether oxygens (including phenoxy) is 1. The van der Waals surface area contributed by atoms with E-state index in [0.717, 1.165) is 18.4 Å². The minimum atomic E-state index is -0.435. The van der Waals surface area contributed by atoms with E-state index in [4.69, 9.17) is 4.74 Å². The summed E-state index contributed by atoms with van der Waals surface area (Å²) in [5.74, 6) is -0.0313. The van der Waals surface area contributed by atoms with Crippen LogP contribution in [0.5, 0.6) is 0 Å². The molecule has 2 aliphatic rings. The predicted molar refractivity (Wildman–Crippen MR) is 85.8 cm³/mol. The Labute approximate surface area is 133 Å². The Balaban J connectivity index is 0.00000161. The van der Waals surface area contributed by atoms with Gasteiger partial charge in [0.25, 0.3) is 0 Å². The van der Waals surface area contributed by atoms with Crippen molar-refractivity contribution < 1.29 is 9.53 Å². The van der Waals surface area contributed by atoms with Gasteiger partial charge in [0.15, 0.2) is 0 Å². The van der Waals surface area contributed by atoms with Crippen LogP contribution in [0.2, 0.25) is 0 Å². The van der Waals surface area contributed by atoms with E-state index in [2.05, 4.69) is 24.1 Å². The second kappa shape index (κ2) is 6.37. The maximum atomic E-state index is 12.7. The van der Waals surface area contributed by atoms with Crippen molar-refractivity contribution in [3.8, 4) is 0 Å². The molecule has 0 radical (unpaired) electrons. The van der Waals surface area contributed by atoms with Crippen LogP contribution in [0.15, 0.2) is 30.3 Å². The highest BCUT2D eigenvalue weighted by atomic mass is 35.5. The molecule has 2 fully saturated rings. The number of fused-ring (bicyclic) bond motifs is 2. The summed E-state index contributed by atoms with van der Waals surface area (Å²) in [6.45, 7) is 2.35. The molecule has 2 saturated heterocycles. The maximum absolute atomic E-state index is 12.7. The molecule has 4 heteroatoms. The molecule has 3 nitrogen and oxygen atoms in total. The van der Waals surface area contributed by atoms with Gasteiger partial charge >= 0.3 is 5.97 Å². The van der Waals surface area contributed by atoms with Crippen LogP contribution in [0.4, 0.5) is 0 Å². The summed E-state index contributed by atoms with van der Waals surface area (Å²) < 4.78 is 5.44. The summed E-state index contributed by atoms with van der Waals surface area (Å²) >= 11 is 0. The first kappa shape index (κ1) is 16.3. The first-order valence-corrected chi connectivity index (χ1v) is 7.62. The molecular formula is C17H24ClNO2. The van der Waals surface area contributed by atoms with Gasteiger partial charge in [-0.25, -0.2) is 0 Å². The Bertz CT molecular complexity index is 477. The van der Waals surface area contributed by atoms with Crippen LogP contribution in [0.25, 0.3) is 0 Å². The molecule has 0 N–H and O–H groups in total. The van der Waals surface area contributed by atoms with Crippen molar-refractivity contribution in [2.75, 3.05) is 13.7 Å². The van der Waals surface area contributed by atoms with Crippen LogP contribution in [0.3, 0.4) is 0 Å². The topological polar surface area (TPSA) is 29.5 Å². The minimum Gasteiger partial charge on any atom is -0.465 e. The van der Waals surface area contributed by atoms with E-state index in [9.17, 15) is 4.79 Å². The summed E-state index contributed by atoms with van der Waals surface area (Å²) in [5.41, 5.74) is 0.693. The molecule has 3 atom stereocenters. The van der Waals surface area contributed by atoms with Crippen molar-refractivity contribution in [3.05, 3.63) is 35.9 Å².